The van der Waals surface area contributed by atoms with Gasteiger partial charge in [-0.3, -0.25) is 0 Å². The third kappa shape index (κ3) is 2.84. The van der Waals surface area contributed by atoms with Crippen LogP contribution in [0.5, 0.6) is 5.75 Å². The minimum absolute atomic E-state index is 0.341. The van der Waals surface area contributed by atoms with Crippen molar-refractivity contribution in [3.8, 4) is 5.75 Å². The molecule has 1 aliphatic rings. The Morgan fingerprint density at radius 3 is 2.78 bits per heavy atom. The minimum atomic E-state index is -1.31. The summed E-state index contributed by atoms with van der Waals surface area (Å²) < 4.78 is 34.4. The predicted octanol–water partition coefficient (Wildman–Crippen LogP) is 2.86. The Kier molecular flexibility index (Phi) is 3.64. The number of nitrogens with zero attached hydrogens (tertiary/aromatic N) is 1. The van der Waals surface area contributed by atoms with Crippen molar-refractivity contribution < 1.29 is 13.7 Å². The summed E-state index contributed by atoms with van der Waals surface area (Å²) in [5, 5.41) is 0. The van der Waals surface area contributed by atoms with Crippen LogP contribution in [0.2, 0.25) is 0 Å². The summed E-state index contributed by atoms with van der Waals surface area (Å²) in [4.78, 5) is 0. The SMILES string of the molecule is CC(C)(C)[S+]([O-])N=C1CCOc2cc(F)ccc21. The first kappa shape index (κ1) is 13.4. The molecule has 1 unspecified atom stereocenters. The van der Waals surface area contributed by atoms with Crippen LogP contribution in [0.15, 0.2) is 22.6 Å². The maximum Gasteiger partial charge on any atom is 0.144 e. The number of benzene rings is 1. The average Bonchev–Trinajstić information content (AvgIpc) is 2.27. The first-order valence-corrected chi connectivity index (χ1v) is 6.91. The molecule has 1 heterocycles. The van der Waals surface area contributed by atoms with Gasteiger partial charge in [-0.1, -0.05) is 4.40 Å². The van der Waals surface area contributed by atoms with Gasteiger partial charge in [-0.05, 0) is 32.9 Å². The molecule has 0 aliphatic carbocycles. The van der Waals surface area contributed by atoms with Gasteiger partial charge < -0.3 is 9.29 Å². The highest BCUT2D eigenvalue weighted by Crippen LogP contribution is 2.28. The van der Waals surface area contributed by atoms with E-state index < -0.39 is 16.1 Å². The molecule has 3 nitrogen and oxygen atoms in total. The van der Waals surface area contributed by atoms with Gasteiger partial charge in [-0.25, -0.2) is 4.39 Å². The van der Waals surface area contributed by atoms with Crippen LogP contribution < -0.4 is 4.74 Å². The third-order valence-electron chi connectivity index (χ3n) is 2.57. The molecule has 0 bridgehead atoms. The van der Waals surface area contributed by atoms with Gasteiger partial charge in [0.1, 0.15) is 33.4 Å². The minimum Gasteiger partial charge on any atom is -0.591 e. The van der Waals surface area contributed by atoms with Crippen LogP contribution in [0.25, 0.3) is 0 Å². The van der Waals surface area contributed by atoms with Gasteiger partial charge in [0.05, 0.1) is 6.61 Å². The Labute approximate surface area is 109 Å². The van der Waals surface area contributed by atoms with Gasteiger partial charge in [-0.15, -0.1) is 0 Å². The largest absolute Gasteiger partial charge is 0.591 e. The van der Waals surface area contributed by atoms with Crippen molar-refractivity contribution in [2.45, 2.75) is 31.9 Å². The molecule has 0 radical (unpaired) electrons. The van der Waals surface area contributed by atoms with E-state index in [1.165, 1.54) is 12.1 Å². The molecule has 98 valence electrons. The molecule has 0 saturated heterocycles. The quantitative estimate of drug-likeness (QED) is 0.736. The van der Waals surface area contributed by atoms with Crippen molar-refractivity contribution in [1.29, 1.82) is 0 Å². The molecule has 18 heavy (non-hydrogen) atoms. The summed E-state index contributed by atoms with van der Waals surface area (Å²) in [6.45, 7) is 6.06. The first-order valence-electron chi connectivity index (χ1n) is 5.80. The monoisotopic (exact) mass is 269 g/mol. The maximum atomic E-state index is 13.1. The highest BCUT2D eigenvalue weighted by molar-refractivity contribution is 7.91. The van der Waals surface area contributed by atoms with E-state index in [2.05, 4.69) is 4.40 Å². The molecule has 1 aliphatic heterocycles. The number of halogens is 1. The summed E-state index contributed by atoms with van der Waals surface area (Å²) in [7, 11) is 0. The van der Waals surface area contributed by atoms with Crippen molar-refractivity contribution in [2.75, 3.05) is 6.61 Å². The summed E-state index contributed by atoms with van der Waals surface area (Å²) in [6.07, 6.45) is 0.598. The average molecular weight is 269 g/mol. The van der Waals surface area contributed by atoms with E-state index in [0.717, 1.165) is 11.3 Å². The molecule has 0 aromatic heterocycles. The lowest BCUT2D eigenvalue weighted by Gasteiger charge is -2.22. The fourth-order valence-corrected chi connectivity index (χ4v) is 2.24. The Morgan fingerprint density at radius 2 is 2.11 bits per heavy atom. The van der Waals surface area contributed by atoms with Crippen molar-refractivity contribution in [1.82, 2.24) is 0 Å². The Hall–Kier alpha value is -1.07. The summed E-state index contributed by atoms with van der Waals surface area (Å²) >= 11 is -1.31. The topological polar surface area (TPSA) is 44.7 Å². The number of hydrogen-bond acceptors (Lipinski definition) is 3. The van der Waals surface area contributed by atoms with Gasteiger partial charge in [0.15, 0.2) is 0 Å². The summed E-state index contributed by atoms with van der Waals surface area (Å²) in [5.74, 6) is 0.137. The Morgan fingerprint density at radius 1 is 1.39 bits per heavy atom. The second-order valence-corrected chi connectivity index (χ2v) is 7.04. The molecule has 0 fully saturated rings. The fraction of sp³-hybridized carbons (Fsp3) is 0.462. The van der Waals surface area contributed by atoms with Crippen LogP contribution in [0.3, 0.4) is 0 Å². The molecule has 0 N–H and O–H groups in total. The number of rotatable bonds is 1. The fourth-order valence-electron chi connectivity index (χ4n) is 1.58. The van der Waals surface area contributed by atoms with Gasteiger partial charge in [0.2, 0.25) is 0 Å². The third-order valence-corrected chi connectivity index (χ3v) is 4.00. The predicted molar refractivity (Wildman–Crippen MR) is 70.9 cm³/mol. The zero-order chi connectivity index (χ0) is 13.3. The van der Waals surface area contributed by atoms with Crippen molar-refractivity contribution >= 4 is 17.1 Å². The molecule has 1 atom stereocenters. The van der Waals surface area contributed by atoms with Gasteiger partial charge in [0, 0.05) is 18.1 Å². The van der Waals surface area contributed by atoms with Gasteiger partial charge in [0.25, 0.3) is 0 Å². The van der Waals surface area contributed by atoms with Crippen LogP contribution in [0.1, 0.15) is 32.8 Å². The molecule has 0 amide bonds. The highest BCUT2D eigenvalue weighted by Gasteiger charge is 2.29. The van der Waals surface area contributed by atoms with Crippen LogP contribution >= 0.6 is 0 Å². The molecular formula is C13H16FNO2S. The van der Waals surface area contributed by atoms with E-state index in [1.807, 2.05) is 20.8 Å². The number of fused-ring (bicyclic) bond motifs is 1. The number of ether oxygens (including phenoxy) is 1. The van der Waals surface area contributed by atoms with E-state index in [4.69, 9.17) is 4.74 Å². The molecule has 1 aromatic rings. The molecule has 1 aromatic carbocycles. The van der Waals surface area contributed by atoms with E-state index in [0.29, 0.717) is 18.8 Å². The number of hydrogen-bond donors (Lipinski definition) is 0. The second kappa shape index (κ2) is 4.90. The van der Waals surface area contributed by atoms with Crippen LogP contribution in [0.4, 0.5) is 4.39 Å². The Balaban J connectivity index is 2.36. The van der Waals surface area contributed by atoms with Crippen molar-refractivity contribution in [3.05, 3.63) is 29.6 Å². The van der Waals surface area contributed by atoms with E-state index in [9.17, 15) is 8.94 Å². The summed E-state index contributed by atoms with van der Waals surface area (Å²) in [6, 6.07) is 4.33. The smallest absolute Gasteiger partial charge is 0.144 e. The molecule has 5 heteroatoms. The van der Waals surface area contributed by atoms with Gasteiger partial charge >= 0.3 is 0 Å². The normalized spacial score (nSPS) is 19.3. The molecule has 0 spiro atoms. The van der Waals surface area contributed by atoms with E-state index in [-0.39, 0.29) is 5.82 Å². The lowest BCUT2D eigenvalue weighted by Crippen LogP contribution is -2.28. The van der Waals surface area contributed by atoms with E-state index in [1.54, 1.807) is 6.07 Å². The second-order valence-electron chi connectivity index (χ2n) is 5.14. The van der Waals surface area contributed by atoms with Crippen LogP contribution in [-0.4, -0.2) is 21.6 Å². The molecular weight excluding hydrogens is 253 g/mol. The highest BCUT2D eigenvalue weighted by atomic mass is 32.2. The lowest BCUT2D eigenvalue weighted by molar-refractivity contribution is 0.319. The van der Waals surface area contributed by atoms with E-state index >= 15 is 0 Å². The summed E-state index contributed by atoms with van der Waals surface area (Å²) in [5.41, 5.74) is 1.46. The zero-order valence-electron chi connectivity index (χ0n) is 10.7. The maximum absolute atomic E-state index is 13.1. The zero-order valence-corrected chi connectivity index (χ0v) is 11.5. The van der Waals surface area contributed by atoms with Crippen molar-refractivity contribution in [3.63, 3.8) is 0 Å². The van der Waals surface area contributed by atoms with Gasteiger partial charge in [-0.2, -0.15) is 0 Å². The molecule has 2 rings (SSSR count). The lowest BCUT2D eigenvalue weighted by atomic mass is 10.0. The van der Waals surface area contributed by atoms with Crippen molar-refractivity contribution in [2.24, 2.45) is 4.40 Å². The van der Waals surface area contributed by atoms with Crippen LogP contribution in [-0.2, 0) is 11.4 Å². The standard InChI is InChI=1S/C13H16FNO2S/c1-13(2,3)18(16)15-11-6-7-17-12-8-9(14)4-5-10(11)12/h4-5,8H,6-7H2,1-3H3. The molecule has 0 saturated carbocycles. The van der Waals surface area contributed by atoms with Crippen LogP contribution in [0, 0.1) is 5.82 Å². The first-order chi connectivity index (χ1) is 8.38. The Bertz CT molecular complexity index is 482.